The summed E-state index contributed by atoms with van der Waals surface area (Å²) < 4.78 is 60.4. The Hall–Kier alpha value is -3.26. The van der Waals surface area contributed by atoms with E-state index in [1.165, 1.54) is 39.1 Å². The number of halogens is 2. The van der Waals surface area contributed by atoms with E-state index in [0.717, 1.165) is 25.9 Å². The maximum Gasteiger partial charge on any atom is 0.274 e. The first-order valence-electron chi connectivity index (χ1n) is 13.8. The Kier molecular flexibility index (Phi) is 7.99. The monoisotopic (exact) mass is 594 g/mol. The molecule has 1 spiro atoms. The lowest BCUT2D eigenvalue weighted by Crippen LogP contribution is -2.40. The molecule has 0 bridgehead atoms. The van der Waals surface area contributed by atoms with E-state index in [1.807, 2.05) is 0 Å². The molecule has 3 fully saturated rings. The van der Waals surface area contributed by atoms with Crippen molar-refractivity contribution >= 4 is 38.9 Å². The number of alkyl halides is 2. The molecule has 2 aromatic heterocycles. The number of rotatable bonds is 9. The highest BCUT2D eigenvalue weighted by molar-refractivity contribution is 7.93. The van der Waals surface area contributed by atoms with E-state index in [2.05, 4.69) is 24.9 Å². The van der Waals surface area contributed by atoms with Crippen LogP contribution in [0.1, 0.15) is 55.9 Å². The summed E-state index contributed by atoms with van der Waals surface area (Å²) in [5.74, 6) is -2.48. The van der Waals surface area contributed by atoms with E-state index < -0.39 is 33.7 Å². The summed E-state index contributed by atoms with van der Waals surface area (Å²) in [6.45, 7) is 2.51. The third kappa shape index (κ3) is 6.48. The van der Waals surface area contributed by atoms with Crippen molar-refractivity contribution in [3.63, 3.8) is 0 Å². The molecule has 1 amide bonds. The predicted molar refractivity (Wildman–Crippen MR) is 152 cm³/mol. The number of hydrogen-bond acceptors (Lipinski definition) is 9. The summed E-state index contributed by atoms with van der Waals surface area (Å²) >= 11 is 0. The molecule has 224 valence electrons. The van der Waals surface area contributed by atoms with Gasteiger partial charge in [0, 0.05) is 45.1 Å². The molecule has 0 unspecified atom stereocenters. The van der Waals surface area contributed by atoms with Crippen molar-refractivity contribution in [2.45, 2.75) is 56.6 Å². The number of carbonyl (C=O) groups is 1. The van der Waals surface area contributed by atoms with Gasteiger partial charge in [0.25, 0.3) is 11.8 Å². The number of aromatic nitrogens is 2. The van der Waals surface area contributed by atoms with Gasteiger partial charge in [-0.3, -0.25) is 9.52 Å². The summed E-state index contributed by atoms with van der Waals surface area (Å²) in [7, 11) is -2.41. The smallest absolute Gasteiger partial charge is 0.274 e. The molecule has 1 atom stereocenters. The van der Waals surface area contributed by atoms with E-state index in [9.17, 15) is 27.1 Å². The summed E-state index contributed by atoms with van der Waals surface area (Å²) in [5.41, 5.74) is 1.47. The number of ether oxygens (including phenoxy) is 1. The van der Waals surface area contributed by atoms with Crippen molar-refractivity contribution in [2.24, 2.45) is 5.41 Å². The minimum atomic E-state index is -3.87. The van der Waals surface area contributed by atoms with E-state index in [-0.39, 0.29) is 37.4 Å². The summed E-state index contributed by atoms with van der Waals surface area (Å²) in [6, 6.07) is 4.67. The van der Waals surface area contributed by atoms with Gasteiger partial charge in [0.2, 0.25) is 10.0 Å². The number of sulfonamides is 1. The SMILES string of the molecule is COc1ccc(C(=O)Nc2cnc(NS(=O)(=O)[C@@H](C)CO)cc2N2CCC3(CC2)CC3)nc1N1CCC(F)(F)CC1. The van der Waals surface area contributed by atoms with Gasteiger partial charge in [-0.05, 0) is 50.2 Å². The Morgan fingerprint density at radius 1 is 1.10 bits per heavy atom. The zero-order valence-corrected chi connectivity index (χ0v) is 24.0. The molecule has 0 aromatic carbocycles. The minimum absolute atomic E-state index is 0.0706. The number of methoxy groups -OCH3 is 1. The van der Waals surface area contributed by atoms with Crippen LogP contribution < -0.4 is 24.6 Å². The van der Waals surface area contributed by atoms with Crippen LogP contribution in [0.5, 0.6) is 5.75 Å². The Labute approximate surface area is 238 Å². The van der Waals surface area contributed by atoms with E-state index >= 15 is 0 Å². The average Bonchev–Trinajstić information content (AvgIpc) is 3.71. The molecule has 3 aliphatic rings. The van der Waals surface area contributed by atoms with Crippen molar-refractivity contribution in [1.82, 2.24) is 9.97 Å². The molecule has 2 saturated heterocycles. The number of carbonyl (C=O) groups excluding carboxylic acids is 1. The van der Waals surface area contributed by atoms with Gasteiger partial charge in [0.15, 0.2) is 11.6 Å². The first kappa shape index (κ1) is 29.2. The quantitative estimate of drug-likeness (QED) is 0.399. The van der Waals surface area contributed by atoms with Crippen LogP contribution >= 0.6 is 0 Å². The molecule has 3 N–H and O–H groups in total. The number of pyridine rings is 2. The lowest BCUT2D eigenvalue weighted by Gasteiger charge is -2.35. The molecule has 0 radical (unpaired) electrons. The molecular formula is C27H36F2N6O5S. The highest BCUT2D eigenvalue weighted by Gasteiger charge is 2.44. The number of piperidine rings is 2. The van der Waals surface area contributed by atoms with Gasteiger partial charge in [-0.15, -0.1) is 0 Å². The Bertz CT molecular complexity index is 1380. The standard InChI is InChI=1S/C27H36F2N6O5S/c1-18(17-36)41(38,39)33-23-15-21(34-11-7-26(5-6-26)8-12-34)20(16-30-23)32-25(37)19-3-4-22(40-2)24(31-19)35-13-9-27(28,29)10-14-35/h3-4,15-16,18,36H,5-14,17H2,1-2H3,(H,30,33)(H,32,37)/t18-/m0/s1. The largest absolute Gasteiger partial charge is 0.493 e. The second-order valence-corrected chi connectivity index (χ2v) is 13.3. The zero-order chi connectivity index (χ0) is 29.4. The number of aliphatic hydroxyl groups excluding tert-OH is 1. The van der Waals surface area contributed by atoms with Crippen molar-refractivity contribution in [3.8, 4) is 5.75 Å². The molecule has 14 heteroatoms. The second kappa shape index (κ2) is 11.2. The maximum atomic E-state index is 13.7. The van der Waals surface area contributed by atoms with Crippen molar-refractivity contribution in [3.05, 3.63) is 30.1 Å². The Morgan fingerprint density at radius 2 is 1.76 bits per heavy atom. The first-order valence-corrected chi connectivity index (χ1v) is 15.4. The zero-order valence-electron chi connectivity index (χ0n) is 23.2. The molecule has 11 nitrogen and oxygen atoms in total. The van der Waals surface area contributed by atoms with Crippen molar-refractivity contribution in [1.29, 1.82) is 0 Å². The normalized spacial score (nSPS) is 20.4. The molecular weight excluding hydrogens is 558 g/mol. The van der Waals surface area contributed by atoms with Crippen molar-refractivity contribution in [2.75, 3.05) is 59.7 Å². The Balaban J connectivity index is 1.40. The predicted octanol–water partition coefficient (Wildman–Crippen LogP) is 3.48. The number of amides is 1. The Morgan fingerprint density at radius 3 is 2.37 bits per heavy atom. The van der Waals surface area contributed by atoms with Gasteiger partial charge in [0.05, 0.1) is 31.3 Å². The highest BCUT2D eigenvalue weighted by atomic mass is 32.2. The number of nitrogens with zero attached hydrogens (tertiary/aromatic N) is 4. The molecule has 41 heavy (non-hydrogen) atoms. The van der Waals surface area contributed by atoms with Gasteiger partial charge < -0.3 is 25.0 Å². The minimum Gasteiger partial charge on any atom is -0.493 e. The molecule has 2 aromatic rings. The summed E-state index contributed by atoms with van der Waals surface area (Å²) in [4.78, 5) is 25.9. The van der Waals surface area contributed by atoms with Gasteiger partial charge in [-0.25, -0.2) is 27.2 Å². The summed E-state index contributed by atoms with van der Waals surface area (Å²) in [6.07, 6.45) is 5.21. The maximum absolute atomic E-state index is 13.7. The van der Waals surface area contributed by atoms with Crippen LogP contribution in [-0.4, -0.2) is 80.5 Å². The van der Waals surface area contributed by atoms with Crippen LogP contribution in [0, 0.1) is 5.41 Å². The van der Waals surface area contributed by atoms with E-state index in [4.69, 9.17) is 4.74 Å². The number of nitrogens with one attached hydrogen (secondary N) is 2. The van der Waals surface area contributed by atoms with Crippen LogP contribution in [0.15, 0.2) is 24.4 Å². The molecule has 2 aliphatic heterocycles. The van der Waals surface area contributed by atoms with E-state index in [0.29, 0.717) is 28.4 Å². The van der Waals surface area contributed by atoms with Crippen LogP contribution in [0.4, 0.5) is 31.8 Å². The van der Waals surface area contributed by atoms with Crippen LogP contribution in [0.25, 0.3) is 0 Å². The lowest BCUT2D eigenvalue weighted by atomic mass is 9.93. The average molecular weight is 595 g/mol. The third-order valence-corrected chi connectivity index (χ3v) is 10.1. The van der Waals surface area contributed by atoms with E-state index in [1.54, 1.807) is 17.0 Å². The second-order valence-electron chi connectivity index (χ2n) is 11.2. The number of aliphatic hydroxyl groups is 1. The van der Waals surface area contributed by atoms with Gasteiger partial charge in [-0.2, -0.15) is 0 Å². The molecule has 4 heterocycles. The molecule has 1 saturated carbocycles. The van der Waals surface area contributed by atoms with Gasteiger partial charge in [0.1, 0.15) is 16.8 Å². The topological polar surface area (TPSA) is 137 Å². The highest BCUT2D eigenvalue weighted by Crippen LogP contribution is 2.54. The van der Waals surface area contributed by atoms with Crippen LogP contribution in [0.2, 0.25) is 0 Å². The fourth-order valence-electron chi connectivity index (χ4n) is 5.28. The number of hydrogen-bond donors (Lipinski definition) is 3. The summed E-state index contributed by atoms with van der Waals surface area (Å²) in [5, 5.41) is 11.2. The molecule has 5 rings (SSSR count). The fraction of sp³-hybridized carbons (Fsp3) is 0.593. The lowest BCUT2D eigenvalue weighted by molar-refractivity contribution is -0.0222. The van der Waals surface area contributed by atoms with Crippen LogP contribution in [0.3, 0.4) is 0 Å². The fourth-order valence-corrected chi connectivity index (χ4v) is 6.08. The number of anilines is 4. The first-order chi connectivity index (χ1) is 19.4. The van der Waals surface area contributed by atoms with Gasteiger partial charge >= 0.3 is 0 Å². The third-order valence-electron chi connectivity index (χ3n) is 8.37. The van der Waals surface area contributed by atoms with Gasteiger partial charge in [-0.1, -0.05) is 0 Å². The molecule has 1 aliphatic carbocycles. The van der Waals surface area contributed by atoms with Crippen molar-refractivity contribution < 1.29 is 31.8 Å². The van der Waals surface area contributed by atoms with Crippen LogP contribution in [-0.2, 0) is 10.0 Å².